The van der Waals surface area contributed by atoms with Gasteiger partial charge >= 0.3 is 0 Å². The third-order valence-corrected chi connectivity index (χ3v) is 5.76. The number of rotatable bonds is 5. The topological polar surface area (TPSA) is 43.1 Å². The number of aryl methyl sites for hydroxylation is 1. The second-order valence-corrected chi connectivity index (χ2v) is 7.74. The van der Waals surface area contributed by atoms with Crippen LogP contribution in [0, 0.1) is 6.92 Å². The molecule has 1 fully saturated rings. The van der Waals surface area contributed by atoms with Gasteiger partial charge in [0.05, 0.1) is 11.8 Å². The van der Waals surface area contributed by atoms with Crippen molar-refractivity contribution < 1.29 is 9.32 Å². The molecule has 0 spiro atoms. The van der Waals surface area contributed by atoms with Crippen molar-refractivity contribution in [3.8, 4) is 0 Å². The highest BCUT2D eigenvalue weighted by Gasteiger charge is 2.33. The Morgan fingerprint density at radius 3 is 2.72 bits per heavy atom. The van der Waals surface area contributed by atoms with E-state index in [1.165, 1.54) is 6.20 Å². The smallest absolute Gasteiger partial charge is 0.199 e. The molecule has 126 valence electrons. The molecule has 4 rings (SSSR count). The first-order valence-electron chi connectivity index (χ1n) is 8.16. The Balaban J connectivity index is 1.73. The zero-order valence-electron chi connectivity index (χ0n) is 13.7. The number of ketones is 1. The van der Waals surface area contributed by atoms with Crippen LogP contribution in [-0.4, -0.2) is 10.9 Å². The molecule has 0 amide bonds. The summed E-state index contributed by atoms with van der Waals surface area (Å²) >= 11 is 7.74. The zero-order valence-corrected chi connectivity index (χ0v) is 15.2. The van der Waals surface area contributed by atoms with E-state index in [4.69, 9.17) is 16.1 Å². The normalized spacial score (nSPS) is 13.8. The van der Waals surface area contributed by atoms with Crippen LogP contribution in [0.25, 0.3) is 0 Å². The van der Waals surface area contributed by atoms with Crippen LogP contribution in [0.15, 0.2) is 63.0 Å². The van der Waals surface area contributed by atoms with Gasteiger partial charge in [-0.15, -0.1) is 0 Å². The summed E-state index contributed by atoms with van der Waals surface area (Å²) in [5, 5.41) is 4.46. The molecule has 0 bridgehead atoms. The van der Waals surface area contributed by atoms with E-state index in [9.17, 15) is 4.79 Å². The van der Waals surface area contributed by atoms with E-state index >= 15 is 0 Å². The Kier molecular flexibility index (Phi) is 4.40. The molecule has 0 unspecified atom stereocenters. The molecule has 1 heterocycles. The van der Waals surface area contributed by atoms with Crippen molar-refractivity contribution in [2.75, 3.05) is 0 Å². The second kappa shape index (κ2) is 6.70. The summed E-state index contributed by atoms with van der Waals surface area (Å²) in [5.41, 5.74) is 2.36. The maximum atomic E-state index is 13.1. The number of carbonyl (C=O) groups excluding carboxylic acids is 1. The average Bonchev–Trinajstić information content (AvgIpc) is 3.33. The zero-order chi connectivity index (χ0) is 17.4. The number of halogens is 1. The minimum atomic E-state index is -0.0594. The van der Waals surface area contributed by atoms with Crippen LogP contribution in [0.2, 0.25) is 5.02 Å². The predicted molar refractivity (Wildman–Crippen MR) is 98.7 cm³/mol. The SMILES string of the molecule is Cc1ccccc1Sc1cc(Cl)ccc1C(=O)c1cnoc1C1CC1. The van der Waals surface area contributed by atoms with Crippen molar-refractivity contribution in [1.29, 1.82) is 0 Å². The fourth-order valence-corrected chi connectivity index (χ4v) is 4.07. The van der Waals surface area contributed by atoms with Crippen molar-refractivity contribution in [2.45, 2.75) is 35.5 Å². The van der Waals surface area contributed by atoms with Crippen molar-refractivity contribution in [2.24, 2.45) is 0 Å². The molecule has 5 heteroatoms. The van der Waals surface area contributed by atoms with Gasteiger partial charge in [0.25, 0.3) is 0 Å². The van der Waals surface area contributed by atoms with Gasteiger partial charge in [-0.1, -0.05) is 46.7 Å². The first-order chi connectivity index (χ1) is 12.1. The van der Waals surface area contributed by atoms with Crippen LogP contribution in [0.4, 0.5) is 0 Å². The van der Waals surface area contributed by atoms with Gasteiger partial charge in [-0.2, -0.15) is 0 Å². The third kappa shape index (κ3) is 3.37. The van der Waals surface area contributed by atoms with Crippen LogP contribution in [0.1, 0.15) is 46.0 Å². The van der Waals surface area contributed by atoms with Gasteiger partial charge in [-0.3, -0.25) is 4.79 Å². The van der Waals surface area contributed by atoms with Crippen molar-refractivity contribution in [1.82, 2.24) is 5.16 Å². The monoisotopic (exact) mass is 369 g/mol. The lowest BCUT2D eigenvalue weighted by atomic mass is 10.0. The van der Waals surface area contributed by atoms with Crippen LogP contribution < -0.4 is 0 Å². The van der Waals surface area contributed by atoms with Crippen LogP contribution in [-0.2, 0) is 0 Å². The lowest BCUT2D eigenvalue weighted by molar-refractivity contribution is 0.103. The Morgan fingerprint density at radius 1 is 1.16 bits per heavy atom. The highest BCUT2D eigenvalue weighted by Crippen LogP contribution is 2.43. The molecule has 2 aromatic carbocycles. The Morgan fingerprint density at radius 2 is 1.96 bits per heavy atom. The minimum Gasteiger partial charge on any atom is -0.360 e. The summed E-state index contributed by atoms with van der Waals surface area (Å²) in [4.78, 5) is 15.1. The molecule has 1 aliphatic carbocycles. The van der Waals surface area contributed by atoms with Gasteiger partial charge in [0.15, 0.2) is 11.5 Å². The van der Waals surface area contributed by atoms with E-state index < -0.39 is 0 Å². The third-order valence-electron chi connectivity index (χ3n) is 4.29. The van der Waals surface area contributed by atoms with Crippen molar-refractivity contribution in [3.63, 3.8) is 0 Å². The van der Waals surface area contributed by atoms with E-state index in [1.54, 1.807) is 23.9 Å². The quantitative estimate of drug-likeness (QED) is 0.525. The lowest BCUT2D eigenvalue weighted by Gasteiger charge is -2.10. The first-order valence-corrected chi connectivity index (χ1v) is 9.35. The second-order valence-electron chi connectivity index (χ2n) is 6.22. The van der Waals surface area contributed by atoms with E-state index in [0.717, 1.165) is 28.2 Å². The van der Waals surface area contributed by atoms with E-state index in [2.05, 4.69) is 18.1 Å². The molecule has 0 atom stereocenters. The molecule has 3 nitrogen and oxygen atoms in total. The minimum absolute atomic E-state index is 0.0594. The Labute approximate surface area is 155 Å². The number of carbonyl (C=O) groups is 1. The average molecular weight is 370 g/mol. The van der Waals surface area contributed by atoms with Gasteiger partial charge < -0.3 is 4.52 Å². The molecule has 1 saturated carbocycles. The number of hydrogen-bond acceptors (Lipinski definition) is 4. The van der Waals surface area contributed by atoms with Gasteiger partial charge in [0.1, 0.15) is 0 Å². The summed E-state index contributed by atoms with van der Waals surface area (Å²) in [6.45, 7) is 2.06. The molecule has 1 aliphatic rings. The fourth-order valence-electron chi connectivity index (χ4n) is 2.76. The summed E-state index contributed by atoms with van der Waals surface area (Å²) in [6, 6.07) is 13.5. The number of nitrogens with zero attached hydrogens (tertiary/aromatic N) is 1. The molecule has 3 aromatic rings. The van der Waals surface area contributed by atoms with Crippen LogP contribution >= 0.6 is 23.4 Å². The molecule has 25 heavy (non-hydrogen) atoms. The van der Waals surface area contributed by atoms with Crippen molar-refractivity contribution >= 4 is 29.1 Å². The lowest BCUT2D eigenvalue weighted by Crippen LogP contribution is -2.04. The van der Waals surface area contributed by atoms with Crippen LogP contribution in [0.3, 0.4) is 0 Å². The maximum absolute atomic E-state index is 13.1. The van der Waals surface area contributed by atoms with E-state index in [1.807, 2.05) is 24.3 Å². The van der Waals surface area contributed by atoms with Gasteiger partial charge in [0.2, 0.25) is 0 Å². The van der Waals surface area contributed by atoms with Gasteiger partial charge in [-0.25, -0.2) is 0 Å². The van der Waals surface area contributed by atoms with E-state index in [0.29, 0.717) is 27.8 Å². The Hall–Kier alpha value is -2.04. The number of aromatic nitrogens is 1. The summed E-state index contributed by atoms with van der Waals surface area (Å²) in [6.07, 6.45) is 3.65. The van der Waals surface area contributed by atoms with Gasteiger partial charge in [0, 0.05) is 26.3 Å². The molecular formula is C20H16ClNO2S. The fraction of sp³-hybridized carbons (Fsp3) is 0.200. The molecule has 0 aliphatic heterocycles. The standard InChI is InChI=1S/C20H16ClNO2S/c1-12-4-2-3-5-17(12)25-18-10-14(21)8-9-15(18)19(23)16-11-22-24-20(16)13-6-7-13/h2-5,8-11,13H,6-7H2,1H3. The maximum Gasteiger partial charge on any atom is 0.199 e. The predicted octanol–water partition coefficient (Wildman–Crippen LogP) is 5.90. The van der Waals surface area contributed by atoms with Crippen LogP contribution in [0.5, 0.6) is 0 Å². The molecule has 0 N–H and O–H groups in total. The molecule has 0 radical (unpaired) electrons. The molecule has 0 saturated heterocycles. The summed E-state index contributed by atoms with van der Waals surface area (Å²) < 4.78 is 5.33. The number of hydrogen-bond donors (Lipinski definition) is 0. The number of benzene rings is 2. The highest BCUT2D eigenvalue weighted by atomic mass is 35.5. The summed E-state index contributed by atoms with van der Waals surface area (Å²) in [5.74, 6) is 0.990. The van der Waals surface area contributed by atoms with E-state index in [-0.39, 0.29) is 5.78 Å². The van der Waals surface area contributed by atoms with Crippen molar-refractivity contribution in [3.05, 3.63) is 76.1 Å². The molecule has 1 aromatic heterocycles. The largest absolute Gasteiger partial charge is 0.360 e. The highest BCUT2D eigenvalue weighted by molar-refractivity contribution is 7.99. The summed E-state index contributed by atoms with van der Waals surface area (Å²) in [7, 11) is 0. The molecular weight excluding hydrogens is 354 g/mol. The Bertz CT molecular complexity index is 946. The van der Waals surface area contributed by atoms with Gasteiger partial charge in [-0.05, 0) is 49.6 Å². The first kappa shape index (κ1) is 16.4.